The Morgan fingerprint density at radius 2 is 1.46 bits per heavy atom. The van der Waals surface area contributed by atoms with Crippen LogP contribution < -0.4 is 14.2 Å². The lowest BCUT2D eigenvalue weighted by Gasteiger charge is -2.26. The monoisotopic (exact) mass is 386 g/mol. The number of carbonyl (C=O) groups is 1. The van der Waals surface area contributed by atoms with E-state index in [1.165, 1.54) is 0 Å². The first-order valence-electron chi connectivity index (χ1n) is 9.42. The van der Waals surface area contributed by atoms with Crippen LogP contribution in [0.2, 0.25) is 0 Å². The maximum absolute atomic E-state index is 12.3. The molecule has 3 rings (SSSR count). The first-order chi connectivity index (χ1) is 13.6. The Labute approximate surface area is 165 Å². The Kier molecular flexibility index (Phi) is 6.90. The lowest BCUT2D eigenvalue weighted by Crippen LogP contribution is -2.28. The number of aliphatic hydroxyl groups excluding tert-OH is 1. The zero-order valence-electron chi connectivity index (χ0n) is 16.2. The van der Waals surface area contributed by atoms with Gasteiger partial charge in [0.2, 0.25) is 6.29 Å². The molecule has 28 heavy (non-hydrogen) atoms. The van der Waals surface area contributed by atoms with Crippen LogP contribution in [0.1, 0.15) is 37.5 Å². The van der Waals surface area contributed by atoms with Gasteiger partial charge in [0.25, 0.3) is 0 Å². The third-order valence-electron chi connectivity index (χ3n) is 5.03. The molecule has 0 saturated heterocycles. The Bertz CT molecular complexity index is 748. The van der Waals surface area contributed by atoms with E-state index in [1.807, 2.05) is 0 Å². The van der Waals surface area contributed by atoms with Crippen LogP contribution in [0, 0.1) is 5.92 Å². The van der Waals surface area contributed by atoms with Crippen molar-refractivity contribution in [1.82, 2.24) is 0 Å². The summed E-state index contributed by atoms with van der Waals surface area (Å²) in [5.41, 5.74) is 0.614. The van der Waals surface area contributed by atoms with Gasteiger partial charge in [-0.3, -0.25) is 4.79 Å². The molecule has 1 aliphatic carbocycles. The number of hydrogen-bond donors (Lipinski definition) is 1. The number of hydrogen-bond acceptors (Lipinski definition) is 6. The van der Waals surface area contributed by atoms with Crippen LogP contribution >= 0.6 is 0 Å². The van der Waals surface area contributed by atoms with Crippen molar-refractivity contribution < 1.29 is 28.8 Å². The molecule has 0 amide bonds. The maximum atomic E-state index is 12.3. The van der Waals surface area contributed by atoms with Gasteiger partial charge in [0.05, 0.1) is 19.1 Å². The smallest absolute Gasteiger partial charge is 0.314 e. The van der Waals surface area contributed by atoms with Crippen LogP contribution in [-0.2, 0) is 9.53 Å². The third kappa shape index (κ3) is 5.24. The second-order valence-electron chi connectivity index (χ2n) is 6.85. The summed E-state index contributed by atoms with van der Waals surface area (Å²) in [5, 5.41) is 10.2. The number of esters is 1. The van der Waals surface area contributed by atoms with E-state index in [4.69, 9.17) is 18.9 Å². The highest BCUT2D eigenvalue weighted by atomic mass is 16.6. The van der Waals surface area contributed by atoms with Crippen LogP contribution in [0.3, 0.4) is 0 Å². The molecule has 0 heterocycles. The zero-order valence-corrected chi connectivity index (χ0v) is 16.2. The highest BCUT2D eigenvalue weighted by Gasteiger charge is 2.27. The summed E-state index contributed by atoms with van der Waals surface area (Å²) in [6.45, 7) is 0. The predicted octanol–water partition coefficient (Wildman–Crippen LogP) is 3.88. The highest BCUT2D eigenvalue weighted by Crippen LogP contribution is 2.28. The van der Waals surface area contributed by atoms with E-state index in [0.29, 0.717) is 22.8 Å². The van der Waals surface area contributed by atoms with E-state index < -0.39 is 6.29 Å². The lowest BCUT2D eigenvalue weighted by molar-refractivity contribution is -0.140. The molecule has 1 saturated carbocycles. The van der Waals surface area contributed by atoms with Crippen molar-refractivity contribution in [1.29, 1.82) is 0 Å². The number of benzene rings is 2. The Morgan fingerprint density at radius 1 is 0.893 bits per heavy atom. The van der Waals surface area contributed by atoms with E-state index in [-0.39, 0.29) is 18.0 Å². The topological polar surface area (TPSA) is 74.2 Å². The number of carbonyl (C=O) groups excluding carboxylic acids is 1. The van der Waals surface area contributed by atoms with Gasteiger partial charge in [-0.15, -0.1) is 0 Å². The van der Waals surface area contributed by atoms with Crippen LogP contribution in [0.25, 0.3) is 0 Å². The summed E-state index contributed by atoms with van der Waals surface area (Å²) >= 11 is 0. The van der Waals surface area contributed by atoms with Gasteiger partial charge < -0.3 is 24.1 Å². The summed E-state index contributed by atoms with van der Waals surface area (Å²) < 4.78 is 21.4. The molecule has 1 aliphatic rings. The molecule has 6 nitrogen and oxygen atoms in total. The van der Waals surface area contributed by atoms with Crippen molar-refractivity contribution in [2.24, 2.45) is 5.92 Å². The molecule has 0 bridgehead atoms. The molecule has 0 aliphatic heterocycles. The molecule has 1 unspecified atom stereocenters. The van der Waals surface area contributed by atoms with Crippen molar-refractivity contribution >= 4 is 5.97 Å². The summed E-state index contributed by atoms with van der Waals surface area (Å²) in [4.78, 5) is 12.3. The fraction of sp³-hybridized carbons (Fsp3) is 0.409. The van der Waals surface area contributed by atoms with Crippen molar-refractivity contribution in [3.63, 3.8) is 0 Å². The van der Waals surface area contributed by atoms with Crippen molar-refractivity contribution in [2.75, 3.05) is 14.2 Å². The largest absolute Gasteiger partial charge is 0.497 e. The van der Waals surface area contributed by atoms with Gasteiger partial charge in [0.1, 0.15) is 17.2 Å². The van der Waals surface area contributed by atoms with E-state index in [1.54, 1.807) is 62.8 Å². The van der Waals surface area contributed by atoms with E-state index in [2.05, 4.69) is 0 Å². The molecular formula is C22H26O6. The molecule has 2 aromatic rings. The van der Waals surface area contributed by atoms with Gasteiger partial charge in [0.15, 0.2) is 0 Å². The first kappa shape index (κ1) is 20.2. The number of rotatable bonds is 7. The second-order valence-corrected chi connectivity index (χ2v) is 6.85. The molecule has 1 N–H and O–H groups in total. The molecule has 0 radical (unpaired) electrons. The van der Waals surface area contributed by atoms with Gasteiger partial charge in [0, 0.05) is 12.7 Å². The van der Waals surface area contributed by atoms with Crippen LogP contribution in [0.5, 0.6) is 17.2 Å². The number of methoxy groups -OCH3 is 2. The molecule has 0 spiro atoms. The van der Waals surface area contributed by atoms with Gasteiger partial charge in [-0.25, -0.2) is 0 Å². The number of ether oxygens (including phenoxy) is 4. The summed E-state index contributed by atoms with van der Waals surface area (Å²) in [5.74, 6) is 1.35. The van der Waals surface area contributed by atoms with Crippen LogP contribution in [0.4, 0.5) is 0 Å². The summed E-state index contributed by atoms with van der Waals surface area (Å²) in [6, 6.07) is 13.6. The average Bonchev–Trinajstić information content (AvgIpc) is 2.75. The van der Waals surface area contributed by atoms with Crippen molar-refractivity contribution in [3.05, 3.63) is 54.1 Å². The van der Waals surface area contributed by atoms with E-state index in [0.717, 1.165) is 25.7 Å². The minimum Gasteiger partial charge on any atom is -0.497 e. The quantitative estimate of drug-likeness (QED) is 0.442. The molecule has 0 aromatic heterocycles. The standard InChI is InChI=1S/C22H26O6/c1-25-17-7-3-15(4-8-17)21(23)27-19-11-13-20(14-12-19)28-22(24)16-5-9-18(26-2)10-6-16/h3-4,7-8,11-14,16,18,21,23H,5-6,9-10H2,1-2H3. The minimum absolute atomic E-state index is 0.0841. The van der Waals surface area contributed by atoms with Crippen LogP contribution in [-0.4, -0.2) is 31.4 Å². The average molecular weight is 386 g/mol. The Balaban J connectivity index is 1.52. The maximum Gasteiger partial charge on any atom is 0.314 e. The van der Waals surface area contributed by atoms with Gasteiger partial charge in [-0.2, -0.15) is 0 Å². The van der Waals surface area contributed by atoms with Crippen LogP contribution in [0.15, 0.2) is 48.5 Å². The lowest BCUT2D eigenvalue weighted by atomic mass is 9.87. The summed E-state index contributed by atoms with van der Waals surface area (Å²) in [6.07, 6.45) is 2.48. The molecule has 1 fully saturated rings. The molecule has 2 aromatic carbocycles. The van der Waals surface area contributed by atoms with E-state index >= 15 is 0 Å². The zero-order chi connectivity index (χ0) is 19.9. The number of aliphatic hydroxyl groups is 1. The minimum atomic E-state index is -1.10. The van der Waals surface area contributed by atoms with Gasteiger partial charge >= 0.3 is 5.97 Å². The van der Waals surface area contributed by atoms with E-state index in [9.17, 15) is 9.90 Å². The SMILES string of the molecule is COc1ccc(C(O)Oc2ccc(OC(=O)C3CCC(OC)CC3)cc2)cc1. The molecule has 1 atom stereocenters. The fourth-order valence-corrected chi connectivity index (χ4v) is 3.29. The molecular weight excluding hydrogens is 360 g/mol. The first-order valence-corrected chi connectivity index (χ1v) is 9.42. The normalized spacial score (nSPS) is 20.2. The molecule has 6 heteroatoms. The van der Waals surface area contributed by atoms with Gasteiger partial charge in [-0.05, 0) is 74.2 Å². The predicted molar refractivity (Wildman–Crippen MR) is 103 cm³/mol. The third-order valence-corrected chi connectivity index (χ3v) is 5.03. The van der Waals surface area contributed by atoms with Gasteiger partial charge in [-0.1, -0.05) is 0 Å². The Hall–Kier alpha value is -2.57. The van der Waals surface area contributed by atoms with Crippen molar-refractivity contribution in [3.8, 4) is 17.2 Å². The Morgan fingerprint density at radius 3 is 2.04 bits per heavy atom. The van der Waals surface area contributed by atoms with Crippen molar-refractivity contribution in [2.45, 2.75) is 38.1 Å². The fourth-order valence-electron chi connectivity index (χ4n) is 3.29. The second kappa shape index (κ2) is 9.57. The molecule has 150 valence electrons. The highest BCUT2D eigenvalue weighted by molar-refractivity contribution is 5.75. The summed E-state index contributed by atoms with van der Waals surface area (Å²) in [7, 11) is 3.29.